The van der Waals surface area contributed by atoms with Crippen LogP contribution in [0.4, 0.5) is 11.4 Å². The van der Waals surface area contributed by atoms with Crippen molar-refractivity contribution in [2.45, 2.75) is 32.6 Å². The third-order valence-electron chi connectivity index (χ3n) is 8.46. The molecule has 7 rings (SSSR count). The van der Waals surface area contributed by atoms with Crippen LogP contribution in [0.25, 0.3) is 28.3 Å². The van der Waals surface area contributed by atoms with Gasteiger partial charge in [-0.2, -0.15) is 0 Å². The van der Waals surface area contributed by atoms with Gasteiger partial charge in [0.05, 0.1) is 11.4 Å². The van der Waals surface area contributed by atoms with Gasteiger partial charge >= 0.3 is 0 Å². The van der Waals surface area contributed by atoms with Crippen LogP contribution in [0.1, 0.15) is 49.3 Å². The summed E-state index contributed by atoms with van der Waals surface area (Å²) in [5, 5.41) is 0. The topological polar surface area (TPSA) is 6.48 Å². The molecule has 2 aliphatic carbocycles. The second-order valence-electron chi connectivity index (χ2n) is 11.1. The first kappa shape index (κ1) is 25.2. The monoisotopic (exact) mass is 530 g/mol. The van der Waals surface area contributed by atoms with Gasteiger partial charge in [-0.1, -0.05) is 85.5 Å². The lowest BCUT2D eigenvalue weighted by Crippen LogP contribution is -2.23. The molecule has 2 nitrogen and oxygen atoms in total. The predicted molar refractivity (Wildman–Crippen MR) is 176 cm³/mol. The summed E-state index contributed by atoms with van der Waals surface area (Å²) in [6.07, 6.45) is 26.3. The Morgan fingerprint density at radius 3 is 2.24 bits per heavy atom. The third kappa shape index (κ3) is 4.76. The molecule has 0 bridgehead atoms. The van der Waals surface area contributed by atoms with Crippen molar-refractivity contribution in [1.82, 2.24) is 0 Å². The zero-order valence-electron chi connectivity index (χ0n) is 23.6. The van der Waals surface area contributed by atoms with Crippen molar-refractivity contribution in [3.8, 4) is 11.1 Å². The molecule has 0 radical (unpaired) electrons. The van der Waals surface area contributed by atoms with Gasteiger partial charge in [0.15, 0.2) is 0 Å². The molecule has 0 spiro atoms. The molecule has 2 heterocycles. The van der Waals surface area contributed by atoms with Gasteiger partial charge in [0.2, 0.25) is 0 Å². The average molecular weight is 531 g/mol. The van der Waals surface area contributed by atoms with E-state index < -0.39 is 0 Å². The summed E-state index contributed by atoms with van der Waals surface area (Å²) in [5.41, 5.74) is 14.9. The van der Waals surface area contributed by atoms with Crippen molar-refractivity contribution in [3.63, 3.8) is 0 Å². The van der Waals surface area contributed by atoms with Gasteiger partial charge in [0.1, 0.15) is 0 Å². The van der Waals surface area contributed by atoms with E-state index in [-0.39, 0.29) is 0 Å². The minimum Gasteiger partial charge on any atom is -0.320 e. The normalized spacial score (nSPS) is 19.3. The first-order valence-corrected chi connectivity index (χ1v) is 14.6. The van der Waals surface area contributed by atoms with E-state index in [0.717, 1.165) is 30.4 Å². The molecule has 0 atom stereocenters. The van der Waals surface area contributed by atoms with Crippen molar-refractivity contribution in [2.75, 3.05) is 9.80 Å². The Hall–Kier alpha value is -4.82. The Kier molecular flexibility index (Phi) is 6.53. The molecule has 2 aliphatic heterocycles. The number of fused-ring (bicyclic) bond motifs is 2. The van der Waals surface area contributed by atoms with Crippen molar-refractivity contribution >= 4 is 28.6 Å². The Morgan fingerprint density at radius 2 is 1.49 bits per heavy atom. The maximum absolute atomic E-state index is 4.45. The highest BCUT2D eigenvalue weighted by Gasteiger charge is 2.22. The number of nitrogens with zero attached hydrogens (tertiary/aromatic N) is 2. The zero-order valence-corrected chi connectivity index (χ0v) is 23.6. The van der Waals surface area contributed by atoms with E-state index >= 15 is 0 Å². The number of benzene rings is 3. The number of hydrogen-bond donors (Lipinski definition) is 0. The highest BCUT2D eigenvalue weighted by atomic mass is 15.2. The molecule has 41 heavy (non-hydrogen) atoms. The van der Waals surface area contributed by atoms with Gasteiger partial charge in [-0.05, 0) is 109 Å². The molecule has 0 amide bonds. The maximum Gasteiger partial charge on any atom is 0.0530 e. The minimum absolute atomic E-state index is 0.986. The maximum atomic E-state index is 4.45. The van der Waals surface area contributed by atoms with Gasteiger partial charge in [-0.3, -0.25) is 0 Å². The lowest BCUT2D eigenvalue weighted by molar-refractivity contribution is 0.817. The summed E-state index contributed by atoms with van der Waals surface area (Å²) < 4.78 is 0. The van der Waals surface area contributed by atoms with E-state index in [2.05, 4.69) is 151 Å². The lowest BCUT2D eigenvalue weighted by atomic mass is 9.93. The van der Waals surface area contributed by atoms with Crippen LogP contribution in [0.5, 0.6) is 0 Å². The molecule has 4 aliphatic rings. The highest BCUT2D eigenvalue weighted by Crippen LogP contribution is 2.41. The predicted octanol–water partition coefficient (Wildman–Crippen LogP) is 10.4. The number of hydrogen-bond acceptors (Lipinski definition) is 2. The van der Waals surface area contributed by atoms with Gasteiger partial charge in [-0.25, -0.2) is 0 Å². The van der Waals surface area contributed by atoms with Gasteiger partial charge in [-0.15, -0.1) is 0 Å². The van der Waals surface area contributed by atoms with Gasteiger partial charge < -0.3 is 9.80 Å². The molecule has 2 heteroatoms. The SMILES string of the molecule is C=C1/C=C\C=C/N(C2=CC=C(c3ccccc3)CC2)c2ccc(-c3ccc4c(c3)C=CC=C(C)N4C3=CCC3)cc21. The van der Waals surface area contributed by atoms with E-state index in [1.807, 2.05) is 0 Å². The molecule has 3 aromatic carbocycles. The summed E-state index contributed by atoms with van der Waals surface area (Å²) >= 11 is 0. The Morgan fingerprint density at radius 1 is 0.683 bits per heavy atom. The fraction of sp³-hybridized carbons (Fsp3) is 0.128. The fourth-order valence-corrected chi connectivity index (χ4v) is 6.12. The van der Waals surface area contributed by atoms with Crippen molar-refractivity contribution in [1.29, 1.82) is 0 Å². The zero-order chi connectivity index (χ0) is 27.8. The Labute approximate surface area is 243 Å². The average Bonchev–Trinajstić information content (AvgIpc) is 3.14. The molecule has 0 N–H and O–H groups in total. The summed E-state index contributed by atoms with van der Waals surface area (Å²) in [4.78, 5) is 4.75. The molecular weight excluding hydrogens is 496 g/mol. The van der Waals surface area contributed by atoms with Crippen LogP contribution in [0.2, 0.25) is 0 Å². The highest BCUT2D eigenvalue weighted by molar-refractivity contribution is 5.88. The van der Waals surface area contributed by atoms with E-state index in [1.165, 1.54) is 62.7 Å². The van der Waals surface area contributed by atoms with Gasteiger partial charge in [0, 0.05) is 28.9 Å². The molecule has 200 valence electrons. The standard InChI is InChI=1S/C39H34N2/c1-28-10-6-7-25-40(35-21-17-31(18-22-35)30-12-4-3-5-13-30)39-24-20-33(27-37(28)39)32-19-23-38-34(26-32)14-8-11-29(2)41(38)36-15-9-16-36/h3-8,10-15,17,19-21,23-27H,1,9,16,18,22H2,2H3/b10-6-,25-7-. The number of anilines is 2. The van der Waals surface area contributed by atoms with Crippen LogP contribution < -0.4 is 9.80 Å². The summed E-state index contributed by atoms with van der Waals surface area (Å²) in [5.74, 6) is 0. The van der Waals surface area contributed by atoms with Crippen molar-refractivity contribution in [2.24, 2.45) is 0 Å². The third-order valence-corrected chi connectivity index (χ3v) is 8.46. The molecular formula is C39H34N2. The van der Waals surface area contributed by atoms with Crippen LogP contribution in [-0.4, -0.2) is 0 Å². The lowest BCUT2D eigenvalue weighted by Gasteiger charge is -2.32. The minimum atomic E-state index is 0.986. The second-order valence-corrected chi connectivity index (χ2v) is 11.1. The van der Waals surface area contributed by atoms with Crippen LogP contribution in [0, 0.1) is 0 Å². The Balaban J connectivity index is 1.25. The van der Waals surface area contributed by atoms with Crippen molar-refractivity contribution < 1.29 is 0 Å². The molecule has 0 fully saturated rings. The fourth-order valence-electron chi connectivity index (χ4n) is 6.12. The Bertz CT molecular complexity index is 1750. The molecule has 3 aromatic rings. The van der Waals surface area contributed by atoms with Crippen LogP contribution in [0.15, 0.2) is 145 Å². The van der Waals surface area contributed by atoms with E-state index in [1.54, 1.807) is 0 Å². The molecule has 0 unspecified atom stereocenters. The summed E-state index contributed by atoms with van der Waals surface area (Å²) in [7, 11) is 0. The first-order valence-electron chi connectivity index (χ1n) is 14.6. The summed E-state index contributed by atoms with van der Waals surface area (Å²) in [6.45, 7) is 6.64. The van der Waals surface area contributed by atoms with Crippen molar-refractivity contribution in [3.05, 3.63) is 162 Å². The van der Waals surface area contributed by atoms with E-state index in [0.29, 0.717) is 0 Å². The molecule has 0 saturated heterocycles. The second kappa shape index (κ2) is 10.6. The quantitative estimate of drug-likeness (QED) is 0.331. The van der Waals surface area contributed by atoms with Gasteiger partial charge in [0.25, 0.3) is 0 Å². The molecule has 0 saturated carbocycles. The summed E-state index contributed by atoms with van der Waals surface area (Å²) in [6, 6.07) is 24.4. The number of allylic oxidation sites excluding steroid dienone is 13. The largest absolute Gasteiger partial charge is 0.320 e. The van der Waals surface area contributed by atoms with Crippen LogP contribution in [-0.2, 0) is 0 Å². The van der Waals surface area contributed by atoms with E-state index in [9.17, 15) is 0 Å². The van der Waals surface area contributed by atoms with Crippen LogP contribution >= 0.6 is 0 Å². The number of rotatable bonds is 4. The van der Waals surface area contributed by atoms with Crippen LogP contribution in [0.3, 0.4) is 0 Å². The molecule has 0 aromatic heterocycles. The van der Waals surface area contributed by atoms with E-state index in [4.69, 9.17) is 0 Å². The smallest absolute Gasteiger partial charge is 0.0530 e. The first-order chi connectivity index (χ1) is 20.2.